The molecular formula is C12H9BrO5. The van der Waals surface area contributed by atoms with E-state index in [0.717, 1.165) is 4.47 Å². The number of hydrogen-bond donors (Lipinski definition) is 0. The first kappa shape index (κ1) is 12.6. The van der Waals surface area contributed by atoms with Gasteiger partial charge in [-0.15, -0.1) is 0 Å². The molecule has 94 valence electrons. The first-order chi connectivity index (χ1) is 8.56. The van der Waals surface area contributed by atoms with E-state index in [2.05, 4.69) is 20.7 Å². The summed E-state index contributed by atoms with van der Waals surface area (Å²) < 4.78 is 15.5. The number of carbonyl (C=O) groups is 1. The second kappa shape index (κ2) is 4.81. The minimum Gasteiger partial charge on any atom is -0.493 e. The average Bonchev–Trinajstić information content (AvgIpc) is 2.36. The van der Waals surface area contributed by atoms with E-state index >= 15 is 0 Å². The summed E-state index contributed by atoms with van der Waals surface area (Å²) >= 11 is 3.31. The van der Waals surface area contributed by atoms with Crippen molar-refractivity contribution in [2.45, 2.75) is 0 Å². The minimum absolute atomic E-state index is 0.148. The summed E-state index contributed by atoms with van der Waals surface area (Å²) in [7, 11) is 2.67. The molecule has 0 aliphatic rings. The quantitative estimate of drug-likeness (QED) is 0.629. The Labute approximate surface area is 110 Å². The normalized spacial score (nSPS) is 10.4. The summed E-state index contributed by atoms with van der Waals surface area (Å²) in [5.74, 6) is -0.322. The van der Waals surface area contributed by atoms with Crippen LogP contribution < -0.4 is 10.4 Å². The number of hydrogen-bond acceptors (Lipinski definition) is 5. The van der Waals surface area contributed by atoms with Gasteiger partial charge in [-0.05, 0) is 18.2 Å². The first-order valence-electron chi connectivity index (χ1n) is 4.96. The van der Waals surface area contributed by atoms with E-state index in [-0.39, 0.29) is 5.56 Å². The smallest absolute Gasteiger partial charge is 0.351 e. The highest BCUT2D eigenvalue weighted by molar-refractivity contribution is 9.10. The summed E-state index contributed by atoms with van der Waals surface area (Å²) in [6.07, 6.45) is 0. The molecule has 0 unspecified atom stereocenters. The zero-order valence-electron chi connectivity index (χ0n) is 9.65. The van der Waals surface area contributed by atoms with E-state index in [1.165, 1.54) is 20.3 Å². The van der Waals surface area contributed by atoms with Crippen molar-refractivity contribution in [1.82, 2.24) is 0 Å². The Kier molecular flexibility index (Phi) is 3.38. The number of ether oxygens (including phenoxy) is 2. The minimum atomic E-state index is -0.755. The maximum absolute atomic E-state index is 11.7. The highest BCUT2D eigenvalue weighted by atomic mass is 79.9. The average molecular weight is 313 g/mol. The number of rotatable bonds is 2. The standard InChI is InChI=1S/C12H9BrO5/c1-16-9-5-7(13)3-6-4-8(11(14)17-2)12(15)18-10(6)9/h3-5H,1-2H3. The van der Waals surface area contributed by atoms with Gasteiger partial charge in [-0.2, -0.15) is 0 Å². The Balaban J connectivity index is 2.79. The molecule has 1 aromatic carbocycles. The topological polar surface area (TPSA) is 65.7 Å². The van der Waals surface area contributed by atoms with Crippen LogP contribution in [0, 0.1) is 0 Å². The molecule has 0 spiro atoms. The number of halogens is 1. The van der Waals surface area contributed by atoms with Crippen LogP contribution in [-0.4, -0.2) is 20.2 Å². The van der Waals surface area contributed by atoms with Gasteiger partial charge < -0.3 is 13.9 Å². The Morgan fingerprint density at radius 1 is 1.28 bits per heavy atom. The third-order valence-electron chi connectivity index (χ3n) is 2.39. The monoisotopic (exact) mass is 312 g/mol. The molecule has 0 radical (unpaired) electrons. The Morgan fingerprint density at radius 3 is 2.61 bits per heavy atom. The van der Waals surface area contributed by atoms with Crippen molar-refractivity contribution in [3.63, 3.8) is 0 Å². The lowest BCUT2D eigenvalue weighted by molar-refractivity contribution is 0.0596. The predicted octanol–water partition coefficient (Wildman–Crippen LogP) is 2.35. The lowest BCUT2D eigenvalue weighted by atomic mass is 10.2. The molecule has 18 heavy (non-hydrogen) atoms. The largest absolute Gasteiger partial charge is 0.493 e. The van der Waals surface area contributed by atoms with E-state index < -0.39 is 11.6 Å². The Hall–Kier alpha value is -1.82. The molecule has 0 saturated carbocycles. The molecule has 6 heteroatoms. The van der Waals surface area contributed by atoms with Gasteiger partial charge in [0.25, 0.3) is 0 Å². The van der Waals surface area contributed by atoms with Gasteiger partial charge in [0.05, 0.1) is 14.2 Å². The van der Waals surface area contributed by atoms with E-state index in [9.17, 15) is 9.59 Å². The van der Waals surface area contributed by atoms with Crippen molar-refractivity contribution < 1.29 is 18.7 Å². The zero-order chi connectivity index (χ0) is 13.3. The molecule has 1 aromatic heterocycles. The Bertz CT molecular complexity index is 674. The molecule has 0 atom stereocenters. The number of fused-ring (bicyclic) bond motifs is 1. The number of benzene rings is 1. The second-order valence-electron chi connectivity index (χ2n) is 3.47. The molecule has 1 heterocycles. The molecule has 0 fully saturated rings. The summed E-state index contributed by atoms with van der Waals surface area (Å²) in [5, 5.41) is 0.571. The maximum Gasteiger partial charge on any atom is 0.351 e. The highest BCUT2D eigenvalue weighted by Crippen LogP contribution is 2.29. The van der Waals surface area contributed by atoms with Crippen molar-refractivity contribution in [3.05, 3.63) is 38.7 Å². The van der Waals surface area contributed by atoms with Crippen LogP contribution in [0.1, 0.15) is 10.4 Å². The van der Waals surface area contributed by atoms with Crippen LogP contribution in [-0.2, 0) is 4.74 Å². The third-order valence-corrected chi connectivity index (χ3v) is 2.85. The van der Waals surface area contributed by atoms with Gasteiger partial charge in [-0.3, -0.25) is 0 Å². The van der Waals surface area contributed by atoms with Crippen LogP contribution in [0.5, 0.6) is 5.75 Å². The predicted molar refractivity (Wildman–Crippen MR) is 68.1 cm³/mol. The Morgan fingerprint density at radius 2 is 2.00 bits per heavy atom. The second-order valence-corrected chi connectivity index (χ2v) is 4.38. The molecule has 0 aliphatic heterocycles. The van der Waals surface area contributed by atoms with Crippen molar-refractivity contribution >= 4 is 32.9 Å². The molecule has 2 aromatic rings. The molecule has 0 bridgehead atoms. The fraction of sp³-hybridized carbons (Fsp3) is 0.167. The van der Waals surface area contributed by atoms with Crippen LogP contribution in [0.3, 0.4) is 0 Å². The molecule has 0 N–H and O–H groups in total. The van der Waals surface area contributed by atoms with Gasteiger partial charge in [0.1, 0.15) is 5.56 Å². The first-order valence-corrected chi connectivity index (χ1v) is 5.76. The molecule has 0 amide bonds. The van der Waals surface area contributed by atoms with E-state index in [1.54, 1.807) is 12.1 Å². The highest BCUT2D eigenvalue weighted by Gasteiger charge is 2.16. The summed E-state index contributed by atoms with van der Waals surface area (Å²) in [5.41, 5.74) is -0.613. The van der Waals surface area contributed by atoms with Crippen molar-refractivity contribution in [3.8, 4) is 5.75 Å². The van der Waals surface area contributed by atoms with E-state index in [4.69, 9.17) is 9.15 Å². The molecule has 5 nitrogen and oxygen atoms in total. The van der Waals surface area contributed by atoms with Crippen LogP contribution >= 0.6 is 15.9 Å². The number of methoxy groups -OCH3 is 2. The van der Waals surface area contributed by atoms with Crippen LogP contribution in [0.25, 0.3) is 11.0 Å². The van der Waals surface area contributed by atoms with Crippen molar-refractivity contribution in [2.24, 2.45) is 0 Å². The SMILES string of the molecule is COC(=O)c1cc2cc(Br)cc(OC)c2oc1=O. The van der Waals surface area contributed by atoms with E-state index in [0.29, 0.717) is 16.7 Å². The van der Waals surface area contributed by atoms with Gasteiger partial charge >= 0.3 is 11.6 Å². The van der Waals surface area contributed by atoms with Gasteiger partial charge in [-0.1, -0.05) is 15.9 Å². The fourth-order valence-corrected chi connectivity index (χ4v) is 2.03. The lowest BCUT2D eigenvalue weighted by Crippen LogP contribution is -2.15. The third kappa shape index (κ3) is 2.11. The zero-order valence-corrected chi connectivity index (χ0v) is 11.2. The number of esters is 1. The van der Waals surface area contributed by atoms with Gasteiger partial charge in [-0.25, -0.2) is 9.59 Å². The van der Waals surface area contributed by atoms with Crippen LogP contribution in [0.2, 0.25) is 0 Å². The molecule has 0 saturated heterocycles. The fourth-order valence-electron chi connectivity index (χ4n) is 1.57. The van der Waals surface area contributed by atoms with Gasteiger partial charge in [0.2, 0.25) is 0 Å². The summed E-state index contributed by atoms with van der Waals surface area (Å²) in [4.78, 5) is 23.0. The lowest BCUT2D eigenvalue weighted by Gasteiger charge is -2.06. The maximum atomic E-state index is 11.7. The van der Waals surface area contributed by atoms with Gasteiger partial charge in [0.15, 0.2) is 11.3 Å². The number of carbonyl (C=O) groups excluding carboxylic acids is 1. The van der Waals surface area contributed by atoms with Crippen molar-refractivity contribution in [1.29, 1.82) is 0 Å². The molecular weight excluding hydrogens is 304 g/mol. The van der Waals surface area contributed by atoms with E-state index in [1.807, 2.05) is 0 Å². The van der Waals surface area contributed by atoms with Crippen molar-refractivity contribution in [2.75, 3.05) is 14.2 Å². The molecule has 0 aliphatic carbocycles. The molecule has 2 rings (SSSR count). The van der Waals surface area contributed by atoms with Gasteiger partial charge in [0, 0.05) is 9.86 Å². The van der Waals surface area contributed by atoms with Crippen LogP contribution in [0.4, 0.5) is 0 Å². The summed E-state index contributed by atoms with van der Waals surface area (Å²) in [6.45, 7) is 0. The van der Waals surface area contributed by atoms with Crippen LogP contribution in [0.15, 0.2) is 31.9 Å². The summed E-state index contributed by atoms with van der Waals surface area (Å²) in [6, 6.07) is 4.80.